The predicted molar refractivity (Wildman–Crippen MR) is 114 cm³/mol. The van der Waals surface area contributed by atoms with Gasteiger partial charge in [-0.25, -0.2) is 9.37 Å². The number of aromatic nitrogens is 2. The van der Waals surface area contributed by atoms with E-state index in [9.17, 15) is 9.18 Å². The lowest BCUT2D eigenvalue weighted by Gasteiger charge is -2.08. The number of carbonyl (C=O) groups is 1. The van der Waals surface area contributed by atoms with Crippen LogP contribution in [-0.4, -0.2) is 15.9 Å². The first kappa shape index (κ1) is 19.3. The molecule has 0 atom stereocenters. The zero-order valence-electron chi connectivity index (χ0n) is 16.0. The number of nitrogens with one attached hydrogen (secondary N) is 1. The number of nitrogens with zero attached hydrogens (tertiary/aromatic N) is 2. The molecule has 3 aromatic carbocycles. The number of para-hydroxylation sites is 2. The number of halogens is 1. The van der Waals surface area contributed by atoms with E-state index in [1.807, 2.05) is 24.3 Å². The quantitative estimate of drug-likeness (QED) is 0.464. The topological polar surface area (TPSA) is 64.1 Å². The van der Waals surface area contributed by atoms with Crippen LogP contribution in [0.5, 0.6) is 5.75 Å². The van der Waals surface area contributed by atoms with Crippen LogP contribution in [0.3, 0.4) is 0 Å². The highest BCUT2D eigenvalue weighted by Crippen LogP contribution is 2.19. The summed E-state index contributed by atoms with van der Waals surface area (Å²) < 4.78 is 18.9. The Labute approximate surface area is 172 Å². The molecule has 1 N–H and O–H groups in total. The van der Waals surface area contributed by atoms with E-state index >= 15 is 0 Å². The molecule has 0 bridgehead atoms. The molecule has 4 aromatic rings. The molecular formula is C24H18FN3O2. The fourth-order valence-corrected chi connectivity index (χ4v) is 2.85. The van der Waals surface area contributed by atoms with Gasteiger partial charge in [0.05, 0.1) is 22.9 Å². The molecule has 5 nitrogen and oxygen atoms in total. The van der Waals surface area contributed by atoms with Crippen LogP contribution in [0.1, 0.15) is 11.3 Å². The summed E-state index contributed by atoms with van der Waals surface area (Å²) in [4.78, 5) is 21.0. The summed E-state index contributed by atoms with van der Waals surface area (Å²) in [5, 5.41) is 2.78. The Morgan fingerprint density at radius 2 is 1.83 bits per heavy atom. The molecule has 0 saturated carbocycles. The molecule has 0 saturated heterocycles. The highest BCUT2D eigenvalue weighted by atomic mass is 19.1. The lowest BCUT2D eigenvalue weighted by Crippen LogP contribution is -2.08. The van der Waals surface area contributed by atoms with Crippen molar-refractivity contribution < 1.29 is 13.9 Å². The van der Waals surface area contributed by atoms with E-state index < -0.39 is 0 Å². The summed E-state index contributed by atoms with van der Waals surface area (Å²) in [5.74, 6) is -0.0336. The van der Waals surface area contributed by atoms with Crippen LogP contribution in [-0.2, 0) is 11.4 Å². The van der Waals surface area contributed by atoms with E-state index in [-0.39, 0.29) is 18.3 Å². The first-order chi connectivity index (χ1) is 14.7. The molecule has 0 radical (unpaired) electrons. The molecule has 4 rings (SSSR count). The zero-order valence-corrected chi connectivity index (χ0v) is 16.0. The van der Waals surface area contributed by atoms with Crippen LogP contribution < -0.4 is 10.1 Å². The smallest absolute Gasteiger partial charge is 0.248 e. The first-order valence-electron chi connectivity index (χ1n) is 9.34. The summed E-state index contributed by atoms with van der Waals surface area (Å²) in [6.45, 7) is 0.232. The Morgan fingerprint density at radius 3 is 2.70 bits per heavy atom. The van der Waals surface area contributed by atoms with Crippen LogP contribution in [0, 0.1) is 5.82 Å². The Hall–Kier alpha value is -4.06. The fraction of sp³-hybridized carbons (Fsp3) is 0.0417. The normalized spacial score (nSPS) is 11.0. The largest absolute Gasteiger partial charge is 0.489 e. The summed E-state index contributed by atoms with van der Waals surface area (Å²) in [7, 11) is 0. The molecule has 148 valence electrons. The number of benzene rings is 3. The predicted octanol–water partition coefficient (Wildman–Crippen LogP) is 5.00. The second-order valence-electron chi connectivity index (χ2n) is 6.55. The second kappa shape index (κ2) is 8.96. The minimum atomic E-state index is -0.306. The maximum atomic E-state index is 13.3. The molecular weight excluding hydrogens is 381 g/mol. The fourth-order valence-electron chi connectivity index (χ4n) is 2.85. The number of amides is 1. The Kier molecular flexibility index (Phi) is 5.75. The second-order valence-corrected chi connectivity index (χ2v) is 6.55. The van der Waals surface area contributed by atoms with Gasteiger partial charge in [0.15, 0.2) is 0 Å². The maximum Gasteiger partial charge on any atom is 0.248 e. The van der Waals surface area contributed by atoms with Crippen LogP contribution in [0.15, 0.2) is 85.1 Å². The summed E-state index contributed by atoms with van der Waals surface area (Å²) >= 11 is 0. The van der Waals surface area contributed by atoms with Crippen molar-refractivity contribution in [3.8, 4) is 5.75 Å². The lowest BCUT2D eigenvalue weighted by atomic mass is 10.2. The molecule has 0 aliphatic rings. The van der Waals surface area contributed by atoms with Crippen molar-refractivity contribution in [1.82, 2.24) is 9.97 Å². The minimum absolute atomic E-state index is 0.232. The van der Waals surface area contributed by atoms with Crippen LogP contribution in [0.2, 0.25) is 0 Å². The van der Waals surface area contributed by atoms with Gasteiger partial charge >= 0.3 is 0 Å². The summed E-state index contributed by atoms with van der Waals surface area (Å²) in [6, 6.07) is 20.8. The number of hydrogen-bond acceptors (Lipinski definition) is 4. The molecule has 0 fully saturated rings. The van der Waals surface area contributed by atoms with Gasteiger partial charge in [-0.15, -0.1) is 0 Å². The van der Waals surface area contributed by atoms with Crippen LogP contribution in [0.4, 0.5) is 10.1 Å². The highest BCUT2D eigenvalue weighted by molar-refractivity contribution is 6.01. The number of fused-ring (bicyclic) bond motifs is 1. The van der Waals surface area contributed by atoms with E-state index in [1.54, 1.807) is 48.7 Å². The Bertz CT molecular complexity index is 1220. The number of carbonyl (C=O) groups excluding carboxylic acids is 1. The van der Waals surface area contributed by atoms with E-state index in [1.165, 1.54) is 18.2 Å². The van der Waals surface area contributed by atoms with Gasteiger partial charge in [-0.1, -0.05) is 30.3 Å². The van der Waals surface area contributed by atoms with E-state index in [0.717, 1.165) is 16.6 Å². The zero-order chi connectivity index (χ0) is 20.8. The average Bonchev–Trinajstić information content (AvgIpc) is 2.76. The third kappa shape index (κ3) is 5.05. The standard InChI is InChI=1S/C24H18FN3O2/c25-18-6-3-5-17(13-18)16-30-21-8-4-7-19(14-21)28-24(29)12-11-20-15-26-22-9-1-2-10-23(22)27-20/h1-15H,16H2,(H,28,29)/b12-11+. The van der Waals surface area contributed by atoms with Gasteiger partial charge in [0.1, 0.15) is 18.2 Å². The summed E-state index contributed by atoms with van der Waals surface area (Å²) in [5.41, 5.74) is 3.48. The van der Waals surface area contributed by atoms with Gasteiger partial charge in [-0.3, -0.25) is 9.78 Å². The van der Waals surface area contributed by atoms with Gasteiger partial charge in [0, 0.05) is 17.8 Å². The molecule has 1 amide bonds. The SMILES string of the molecule is O=C(/C=C/c1cnc2ccccc2n1)Nc1cccc(OCc2cccc(F)c2)c1. The minimum Gasteiger partial charge on any atom is -0.489 e. The Morgan fingerprint density at radius 1 is 1.00 bits per heavy atom. The van der Waals surface area contributed by atoms with Crippen molar-refractivity contribution in [2.75, 3.05) is 5.32 Å². The first-order valence-corrected chi connectivity index (χ1v) is 9.34. The lowest BCUT2D eigenvalue weighted by molar-refractivity contribution is -0.111. The monoisotopic (exact) mass is 399 g/mol. The molecule has 30 heavy (non-hydrogen) atoms. The molecule has 0 spiro atoms. The van der Waals surface area contributed by atoms with Crippen molar-refractivity contribution in [2.24, 2.45) is 0 Å². The van der Waals surface area contributed by atoms with Crippen molar-refractivity contribution in [3.05, 3.63) is 102 Å². The maximum absolute atomic E-state index is 13.3. The van der Waals surface area contributed by atoms with Crippen molar-refractivity contribution >= 4 is 28.7 Å². The average molecular weight is 399 g/mol. The molecule has 0 aliphatic heterocycles. The molecule has 1 heterocycles. The molecule has 0 unspecified atom stereocenters. The van der Waals surface area contributed by atoms with Gasteiger partial charge in [0.2, 0.25) is 5.91 Å². The van der Waals surface area contributed by atoms with Gasteiger partial charge in [-0.05, 0) is 48.0 Å². The van der Waals surface area contributed by atoms with Gasteiger partial charge in [0.25, 0.3) is 0 Å². The molecule has 6 heteroatoms. The molecule has 1 aromatic heterocycles. The summed E-state index contributed by atoms with van der Waals surface area (Å²) in [6.07, 6.45) is 4.63. The van der Waals surface area contributed by atoms with Crippen molar-refractivity contribution in [3.63, 3.8) is 0 Å². The van der Waals surface area contributed by atoms with Crippen molar-refractivity contribution in [1.29, 1.82) is 0 Å². The van der Waals surface area contributed by atoms with E-state index in [4.69, 9.17) is 4.74 Å². The highest BCUT2D eigenvalue weighted by Gasteiger charge is 2.03. The number of hydrogen-bond donors (Lipinski definition) is 1. The van der Waals surface area contributed by atoms with E-state index in [2.05, 4.69) is 15.3 Å². The van der Waals surface area contributed by atoms with Crippen molar-refractivity contribution in [2.45, 2.75) is 6.61 Å². The van der Waals surface area contributed by atoms with E-state index in [0.29, 0.717) is 17.1 Å². The third-order valence-electron chi connectivity index (χ3n) is 4.27. The van der Waals surface area contributed by atoms with Crippen LogP contribution >= 0.6 is 0 Å². The number of rotatable bonds is 6. The number of anilines is 1. The third-order valence-corrected chi connectivity index (χ3v) is 4.27. The van der Waals surface area contributed by atoms with Gasteiger partial charge in [-0.2, -0.15) is 0 Å². The molecule has 0 aliphatic carbocycles. The Balaban J connectivity index is 1.37. The van der Waals surface area contributed by atoms with Crippen LogP contribution in [0.25, 0.3) is 17.1 Å². The van der Waals surface area contributed by atoms with Gasteiger partial charge < -0.3 is 10.1 Å². The number of ether oxygens (including phenoxy) is 1.